The van der Waals surface area contributed by atoms with Crippen molar-refractivity contribution in [1.82, 2.24) is 4.90 Å². The summed E-state index contributed by atoms with van der Waals surface area (Å²) in [6.07, 6.45) is -3.85. The maximum Gasteiger partial charge on any atom is 0.391 e. The number of hydrogen-bond acceptors (Lipinski definition) is 1. The van der Waals surface area contributed by atoms with E-state index in [0.717, 1.165) is 0 Å². The second-order valence-electron chi connectivity index (χ2n) is 3.03. The molecule has 0 aromatic rings. The van der Waals surface area contributed by atoms with Gasteiger partial charge in [0.05, 0.1) is 5.92 Å². The lowest BCUT2D eigenvalue weighted by Gasteiger charge is -2.17. The predicted molar refractivity (Wildman–Crippen MR) is 49.7 cm³/mol. The van der Waals surface area contributed by atoms with Crippen LogP contribution in [0.4, 0.5) is 13.2 Å². The Morgan fingerprint density at radius 1 is 1.15 bits per heavy atom. The molecule has 0 saturated carbocycles. The summed E-state index contributed by atoms with van der Waals surface area (Å²) >= 11 is 0. The van der Waals surface area contributed by atoms with E-state index in [1.807, 2.05) is 13.8 Å². The highest BCUT2D eigenvalue weighted by atomic mass is 19.4. The Hall–Kier alpha value is -0.250. The fraction of sp³-hybridized carbons (Fsp3) is 1.00. The smallest absolute Gasteiger partial charge is 0.309 e. The van der Waals surface area contributed by atoms with Gasteiger partial charge < -0.3 is 4.90 Å². The largest absolute Gasteiger partial charge is 0.391 e. The summed E-state index contributed by atoms with van der Waals surface area (Å²) in [4.78, 5) is 1.75. The summed E-state index contributed by atoms with van der Waals surface area (Å²) in [5.41, 5.74) is 0. The van der Waals surface area contributed by atoms with Crippen molar-refractivity contribution in [1.29, 1.82) is 0 Å². The van der Waals surface area contributed by atoms with Crippen molar-refractivity contribution in [2.75, 3.05) is 20.6 Å². The van der Waals surface area contributed by atoms with Crippen LogP contribution in [0.25, 0.3) is 0 Å². The van der Waals surface area contributed by atoms with Crippen LogP contribution in [0.1, 0.15) is 27.2 Å². The second-order valence-corrected chi connectivity index (χ2v) is 3.03. The molecule has 0 amide bonds. The third kappa shape index (κ3) is 9.67. The van der Waals surface area contributed by atoms with Crippen LogP contribution in [-0.4, -0.2) is 31.7 Å². The third-order valence-electron chi connectivity index (χ3n) is 1.57. The monoisotopic (exact) mass is 199 g/mol. The molecule has 1 atom stereocenters. The van der Waals surface area contributed by atoms with Gasteiger partial charge in [0, 0.05) is 0 Å². The molecule has 0 aliphatic rings. The van der Waals surface area contributed by atoms with Crippen molar-refractivity contribution in [2.45, 2.75) is 33.4 Å². The maximum absolute atomic E-state index is 11.9. The summed E-state index contributed by atoms with van der Waals surface area (Å²) in [5, 5.41) is 0. The Labute approximate surface area is 78.9 Å². The minimum absolute atomic E-state index is 0.177. The minimum atomic E-state index is -4.03. The Balaban J connectivity index is 0. The summed E-state index contributed by atoms with van der Waals surface area (Å²) < 4.78 is 35.6. The zero-order valence-corrected chi connectivity index (χ0v) is 9.07. The van der Waals surface area contributed by atoms with E-state index >= 15 is 0 Å². The Bertz CT molecular complexity index is 110. The van der Waals surface area contributed by atoms with Crippen LogP contribution in [0, 0.1) is 5.92 Å². The zero-order valence-electron chi connectivity index (χ0n) is 9.07. The lowest BCUT2D eigenvalue weighted by atomic mass is 10.1. The topological polar surface area (TPSA) is 3.24 Å². The van der Waals surface area contributed by atoms with Crippen LogP contribution in [-0.2, 0) is 0 Å². The number of nitrogens with zero attached hydrogens (tertiary/aromatic N) is 1. The van der Waals surface area contributed by atoms with Gasteiger partial charge in [0.2, 0.25) is 0 Å². The van der Waals surface area contributed by atoms with Crippen molar-refractivity contribution in [3.05, 3.63) is 0 Å². The molecule has 0 saturated heterocycles. The first-order chi connectivity index (χ1) is 5.84. The van der Waals surface area contributed by atoms with Gasteiger partial charge >= 0.3 is 6.18 Å². The quantitative estimate of drug-likeness (QED) is 0.674. The number of hydrogen-bond donors (Lipinski definition) is 0. The molecule has 82 valence electrons. The van der Waals surface area contributed by atoms with Gasteiger partial charge in [0.1, 0.15) is 0 Å². The van der Waals surface area contributed by atoms with E-state index in [9.17, 15) is 13.2 Å². The van der Waals surface area contributed by atoms with E-state index in [1.165, 1.54) is 6.92 Å². The van der Waals surface area contributed by atoms with Gasteiger partial charge in [-0.05, 0) is 27.1 Å². The Morgan fingerprint density at radius 3 is 1.77 bits per heavy atom. The standard InChI is InChI=1S/C7H14F3N.C2H6/c1-6(7(8,9)10)4-5-11(2)3;1-2/h6H,4-5H2,1-3H3;1-2H3. The van der Waals surface area contributed by atoms with Gasteiger partial charge in [0.25, 0.3) is 0 Å². The van der Waals surface area contributed by atoms with Gasteiger partial charge in [-0.1, -0.05) is 20.8 Å². The number of rotatable bonds is 3. The molecule has 0 rings (SSSR count). The summed E-state index contributed by atoms with van der Waals surface area (Å²) in [5.74, 6) is -1.19. The molecule has 0 aromatic heterocycles. The van der Waals surface area contributed by atoms with Crippen LogP contribution in [0.2, 0.25) is 0 Å². The van der Waals surface area contributed by atoms with E-state index in [1.54, 1.807) is 19.0 Å². The molecule has 0 spiro atoms. The fourth-order valence-electron chi connectivity index (χ4n) is 0.616. The molecule has 1 nitrogen and oxygen atoms in total. The van der Waals surface area contributed by atoms with Gasteiger partial charge in [-0.15, -0.1) is 0 Å². The van der Waals surface area contributed by atoms with Crippen LogP contribution in [0.5, 0.6) is 0 Å². The highest BCUT2D eigenvalue weighted by molar-refractivity contribution is 4.62. The van der Waals surface area contributed by atoms with Crippen LogP contribution >= 0.6 is 0 Å². The Kier molecular flexibility index (Phi) is 8.42. The molecule has 4 heteroatoms. The summed E-state index contributed by atoms with van der Waals surface area (Å²) in [6, 6.07) is 0. The van der Waals surface area contributed by atoms with Crippen molar-refractivity contribution >= 4 is 0 Å². The predicted octanol–water partition coefficient (Wildman–Crippen LogP) is 3.16. The SMILES string of the molecule is CC.CC(CCN(C)C)C(F)(F)F. The normalized spacial score (nSPS) is 13.6. The van der Waals surface area contributed by atoms with Crippen LogP contribution < -0.4 is 0 Å². The molecule has 0 fully saturated rings. The Morgan fingerprint density at radius 2 is 1.54 bits per heavy atom. The van der Waals surface area contributed by atoms with E-state index in [4.69, 9.17) is 0 Å². The van der Waals surface area contributed by atoms with E-state index in [2.05, 4.69) is 0 Å². The van der Waals surface area contributed by atoms with E-state index in [-0.39, 0.29) is 6.42 Å². The van der Waals surface area contributed by atoms with Crippen LogP contribution in [0.3, 0.4) is 0 Å². The average molecular weight is 199 g/mol. The van der Waals surface area contributed by atoms with E-state index in [0.29, 0.717) is 6.54 Å². The lowest BCUT2D eigenvalue weighted by molar-refractivity contribution is -0.171. The molecule has 0 heterocycles. The van der Waals surface area contributed by atoms with Crippen molar-refractivity contribution < 1.29 is 13.2 Å². The van der Waals surface area contributed by atoms with Crippen molar-refractivity contribution in [2.24, 2.45) is 5.92 Å². The third-order valence-corrected chi connectivity index (χ3v) is 1.57. The molecule has 0 aromatic carbocycles. The van der Waals surface area contributed by atoms with Gasteiger partial charge in [0.15, 0.2) is 0 Å². The first-order valence-corrected chi connectivity index (χ1v) is 4.55. The van der Waals surface area contributed by atoms with E-state index < -0.39 is 12.1 Å². The van der Waals surface area contributed by atoms with Gasteiger partial charge in [-0.2, -0.15) is 13.2 Å². The molecule has 0 N–H and O–H groups in total. The molecule has 1 unspecified atom stereocenters. The summed E-state index contributed by atoms with van der Waals surface area (Å²) in [7, 11) is 3.53. The second kappa shape index (κ2) is 7.18. The fourth-order valence-corrected chi connectivity index (χ4v) is 0.616. The molecule has 13 heavy (non-hydrogen) atoms. The number of halogens is 3. The zero-order chi connectivity index (χ0) is 11.1. The first-order valence-electron chi connectivity index (χ1n) is 4.55. The van der Waals surface area contributed by atoms with Crippen molar-refractivity contribution in [3.8, 4) is 0 Å². The molecule has 0 aliphatic carbocycles. The minimum Gasteiger partial charge on any atom is -0.309 e. The van der Waals surface area contributed by atoms with Gasteiger partial charge in [-0.25, -0.2) is 0 Å². The molecular weight excluding hydrogens is 179 g/mol. The lowest BCUT2D eigenvalue weighted by Crippen LogP contribution is -2.24. The van der Waals surface area contributed by atoms with Crippen LogP contribution in [0.15, 0.2) is 0 Å². The van der Waals surface area contributed by atoms with Crippen molar-refractivity contribution in [3.63, 3.8) is 0 Å². The maximum atomic E-state index is 11.9. The average Bonchev–Trinajstić information content (AvgIpc) is 2.02. The summed E-state index contributed by atoms with van der Waals surface area (Å²) in [6.45, 7) is 5.70. The highest BCUT2D eigenvalue weighted by Crippen LogP contribution is 2.27. The highest BCUT2D eigenvalue weighted by Gasteiger charge is 2.35. The number of alkyl halides is 3. The molecule has 0 bridgehead atoms. The molecule has 0 radical (unpaired) electrons. The van der Waals surface area contributed by atoms with Gasteiger partial charge in [-0.3, -0.25) is 0 Å². The molecule has 0 aliphatic heterocycles. The molecular formula is C9H20F3N. The first kappa shape index (κ1) is 15.2.